The van der Waals surface area contributed by atoms with E-state index in [1.165, 1.54) is 11.0 Å². The van der Waals surface area contributed by atoms with Gasteiger partial charge in [-0.2, -0.15) is 18.3 Å². The van der Waals surface area contributed by atoms with Crippen LogP contribution in [-0.2, 0) is 20.5 Å². The average Bonchev–Trinajstić information content (AvgIpc) is 3.45. The van der Waals surface area contributed by atoms with E-state index in [2.05, 4.69) is 27.4 Å². The van der Waals surface area contributed by atoms with E-state index in [9.17, 15) is 27.6 Å². The molecule has 0 saturated carbocycles. The number of nitrogens with one attached hydrogen (secondary N) is 2. The zero-order chi connectivity index (χ0) is 35.4. The quantitative estimate of drug-likeness (QED) is 0.272. The molecule has 2 N–H and O–H groups in total. The first-order chi connectivity index (χ1) is 24.0. The molecule has 1 fully saturated rings. The predicted molar refractivity (Wildman–Crippen MR) is 181 cm³/mol. The number of hydrogen-bond acceptors (Lipinski definition) is 6. The van der Waals surface area contributed by atoms with E-state index in [-0.39, 0.29) is 12.1 Å². The molecule has 2 aliphatic heterocycles. The van der Waals surface area contributed by atoms with Gasteiger partial charge in [0.05, 0.1) is 36.7 Å². The number of aromatic nitrogens is 2. The Morgan fingerprint density at radius 2 is 1.74 bits per heavy atom. The molecular weight excluding hydrogens is 649 g/mol. The van der Waals surface area contributed by atoms with Crippen LogP contribution in [0.3, 0.4) is 0 Å². The smallest absolute Gasteiger partial charge is 0.379 e. The van der Waals surface area contributed by atoms with Crippen molar-refractivity contribution in [1.29, 1.82) is 0 Å². The van der Waals surface area contributed by atoms with Gasteiger partial charge in [0.15, 0.2) is 0 Å². The van der Waals surface area contributed by atoms with Crippen molar-refractivity contribution >= 4 is 29.2 Å². The van der Waals surface area contributed by atoms with Gasteiger partial charge in [0.2, 0.25) is 0 Å². The van der Waals surface area contributed by atoms with Crippen LogP contribution in [0.4, 0.5) is 24.7 Å². The fourth-order valence-electron chi connectivity index (χ4n) is 6.32. The third-order valence-electron chi connectivity index (χ3n) is 8.68. The molecule has 3 amide bonds. The van der Waals surface area contributed by atoms with Crippen molar-refractivity contribution in [3.8, 4) is 17.5 Å². The number of anilines is 2. The monoisotopic (exact) mass is 684 g/mol. The minimum absolute atomic E-state index is 0.228. The number of carbonyl (C=O) groups excluding carboxylic acids is 3. The molecule has 0 spiro atoms. The zero-order valence-electron chi connectivity index (χ0n) is 27.5. The highest BCUT2D eigenvalue weighted by Crippen LogP contribution is 2.44. The molecule has 1 saturated heterocycles. The lowest BCUT2D eigenvalue weighted by Crippen LogP contribution is -2.55. The summed E-state index contributed by atoms with van der Waals surface area (Å²) in [5.74, 6) is 3.38. The van der Waals surface area contributed by atoms with Gasteiger partial charge in [-0.15, -0.1) is 0 Å². The van der Waals surface area contributed by atoms with Gasteiger partial charge in [-0.1, -0.05) is 42.3 Å². The maximum Gasteiger partial charge on any atom is 0.416 e. The highest BCUT2D eigenvalue weighted by molar-refractivity contribution is 6.06. The SMILES string of the molecule is CCN1C(=O)[C@H](NC(=O)c2cccc(C(F)(F)F)c2)[C@@H](c2cccc(NC(=O)C#CCN3CCOCC3)c2)c2c(C)nn(-c3ccccc3)c21. The average molecular weight is 685 g/mol. The van der Waals surface area contributed by atoms with Gasteiger partial charge < -0.3 is 15.4 Å². The van der Waals surface area contributed by atoms with E-state index < -0.39 is 41.4 Å². The molecule has 0 bridgehead atoms. The Labute approximate surface area is 287 Å². The van der Waals surface area contributed by atoms with Crippen molar-refractivity contribution < 1.29 is 32.3 Å². The molecule has 2 atom stereocenters. The zero-order valence-corrected chi connectivity index (χ0v) is 27.5. The number of morpholine rings is 1. The number of amides is 3. The minimum atomic E-state index is -4.66. The second-order valence-corrected chi connectivity index (χ2v) is 11.9. The van der Waals surface area contributed by atoms with Gasteiger partial charge in [-0.05, 0) is 67.8 Å². The summed E-state index contributed by atoms with van der Waals surface area (Å²) in [5.41, 5.74) is 1.71. The molecule has 0 unspecified atom stereocenters. The fraction of sp³-hybridized carbons (Fsp3) is 0.297. The number of alkyl halides is 3. The van der Waals surface area contributed by atoms with Crippen LogP contribution in [0.1, 0.15) is 45.6 Å². The summed E-state index contributed by atoms with van der Waals surface area (Å²) < 4.78 is 47.6. The van der Waals surface area contributed by atoms with E-state index >= 15 is 0 Å². The van der Waals surface area contributed by atoms with Crippen molar-refractivity contribution in [1.82, 2.24) is 20.0 Å². The Hall–Kier alpha value is -5.45. The van der Waals surface area contributed by atoms with Crippen LogP contribution in [0.25, 0.3) is 5.69 Å². The number of rotatable bonds is 7. The summed E-state index contributed by atoms with van der Waals surface area (Å²) in [6, 6.07) is 19.0. The van der Waals surface area contributed by atoms with E-state index in [0.717, 1.165) is 31.3 Å². The van der Waals surface area contributed by atoms with Crippen LogP contribution in [0, 0.1) is 18.8 Å². The molecule has 258 valence electrons. The van der Waals surface area contributed by atoms with Gasteiger partial charge in [0, 0.05) is 42.4 Å². The first-order valence-electron chi connectivity index (χ1n) is 16.2. The number of nitrogens with zero attached hydrogens (tertiary/aromatic N) is 4. The second kappa shape index (κ2) is 14.6. The normalized spacial score (nSPS) is 17.8. The van der Waals surface area contributed by atoms with Gasteiger partial charge >= 0.3 is 6.18 Å². The summed E-state index contributed by atoms with van der Waals surface area (Å²) in [6.07, 6.45) is -4.66. The molecule has 4 aromatic rings. The number of fused-ring (bicyclic) bond motifs is 1. The Morgan fingerprint density at radius 3 is 2.46 bits per heavy atom. The summed E-state index contributed by atoms with van der Waals surface area (Å²) in [5, 5.41) is 10.4. The maximum atomic E-state index is 14.4. The molecule has 13 heteroatoms. The molecule has 10 nitrogen and oxygen atoms in total. The highest BCUT2D eigenvalue weighted by Gasteiger charge is 2.45. The largest absolute Gasteiger partial charge is 0.416 e. The van der Waals surface area contributed by atoms with Crippen molar-refractivity contribution in [2.24, 2.45) is 0 Å². The van der Waals surface area contributed by atoms with E-state index in [0.29, 0.717) is 53.8 Å². The number of likely N-dealkylation sites (N-methyl/N-ethyl adjacent to an activating group) is 1. The second-order valence-electron chi connectivity index (χ2n) is 11.9. The fourth-order valence-corrected chi connectivity index (χ4v) is 6.32. The number of carbonyl (C=O) groups is 3. The van der Waals surface area contributed by atoms with Crippen molar-refractivity contribution in [2.75, 3.05) is 49.6 Å². The standard InChI is InChI=1S/C37H35F3N6O4/c1-3-45-35-31(24(2)43-46(35)29-14-5-4-6-15-29)32(33(36(45)49)42-34(48)26-11-7-12-27(22-26)37(38,39)40)25-10-8-13-28(23-25)41-30(47)16-9-17-44-18-20-50-21-19-44/h4-8,10-15,22-23,32-33H,3,17-21H2,1-2H3,(H,41,47)(H,42,48)/t32-,33+/m0/s1. The Morgan fingerprint density at radius 1 is 1.00 bits per heavy atom. The van der Waals surface area contributed by atoms with Crippen LogP contribution in [-0.4, -0.2) is 77.8 Å². The molecular formula is C37H35F3N6O4. The summed E-state index contributed by atoms with van der Waals surface area (Å²) >= 11 is 0. The molecule has 3 heterocycles. The number of aryl methyl sites for hydroxylation is 1. The highest BCUT2D eigenvalue weighted by atomic mass is 19.4. The predicted octanol–water partition coefficient (Wildman–Crippen LogP) is 4.77. The molecule has 1 aromatic heterocycles. The van der Waals surface area contributed by atoms with E-state index in [1.54, 1.807) is 42.8 Å². The van der Waals surface area contributed by atoms with Gasteiger partial charge in [0.1, 0.15) is 11.9 Å². The molecule has 2 aliphatic rings. The minimum Gasteiger partial charge on any atom is -0.379 e. The third kappa shape index (κ3) is 7.27. The number of halogens is 3. The van der Waals surface area contributed by atoms with Crippen LogP contribution < -0.4 is 15.5 Å². The first kappa shape index (κ1) is 34.4. The van der Waals surface area contributed by atoms with Gasteiger partial charge in [0.25, 0.3) is 17.7 Å². The lowest BCUT2D eigenvalue weighted by Gasteiger charge is -2.38. The lowest BCUT2D eigenvalue weighted by molar-refractivity contribution is -0.137. The number of hydrogen-bond donors (Lipinski definition) is 2. The first-order valence-corrected chi connectivity index (χ1v) is 16.2. The van der Waals surface area contributed by atoms with Crippen molar-refractivity contribution in [3.63, 3.8) is 0 Å². The van der Waals surface area contributed by atoms with Gasteiger partial charge in [-0.3, -0.25) is 24.2 Å². The molecule has 6 rings (SSSR count). The maximum absolute atomic E-state index is 14.4. The molecule has 3 aromatic carbocycles. The van der Waals surface area contributed by atoms with Crippen LogP contribution in [0.5, 0.6) is 0 Å². The number of para-hydroxylation sites is 1. The van der Waals surface area contributed by atoms with Crippen LogP contribution >= 0.6 is 0 Å². The molecule has 0 aliphatic carbocycles. The van der Waals surface area contributed by atoms with E-state index in [1.807, 2.05) is 30.3 Å². The Balaban J connectivity index is 1.38. The topological polar surface area (TPSA) is 109 Å². The summed E-state index contributed by atoms with van der Waals surface area (Å²) in [6.45, 7) is 6.96. The number of ether oxygens (including phenoxy) is 1. The summed E-state index contributed by atoms with van der Waals surface area (Å²) in [4.78, 5) is 44.4. The Bertz CT molecular complexity index is 1960. The van der Waals surface area contributed by atoms with Crippen LogP contribution in [0.15, 0.2) is 78.9 Å². The van der Waals surface area contributed by atoms with Crippen molar-refractivity contribution in [2.45, 2.75) is 32.0 Å². The van der Waals surface area contributed by atoms with Gasteiger partial charge in [-0.25, -0.2) is 4.68 Å². The third-order valence-corrected chi connectivity index (χ3v) is 8.68. The molecule has 0 radical (unpaired) electrons. The summed E-state index contributed by atoms with van der Waals surface area (Å²) in [7, 11) is 0. The van der Waals surface area contributed by atoms with Crippen LogP contribution in [0.2, 0.25) is 0 Å². The lowest BCUT2D eigenvalue weighted by atomic mass is 9.81. The van der Waals surface area contributed by atoms with Crippen molar-refractivity contribution in [3.05, 3.63) is 107 Å². The number of benzene rings is 3. The Kier molecular flexibility index (Phi) is 10.0. The molecule has 50 heavy (non-hydrogen) atoms. The van der Waals surface area contributed by atoms with E-state index in [4.69, 9.17) is 9.84 Å².